The van der Waals surface area contributed by atoms with Crippen LogP contribution >= 0.6 is 0 Å². The van der Waals surface area contributed by atoms with Gasteiger partial charge in [-0.25, -0.2) is 8.42 Å². The van der Waals surface area contributed by atoms with Crippen molar-refractivity contribution in [3.8, 4) is 5.75 Å². The van der Waals surface area contributed by atoms with E-state index < -0.39 is 33.6 Å². The second-order valence-electron chi connectivity index (χ2n) is 10.8. The fraction of sp³-hybridized carbons (Fsp3) is 0.321. The molecule has 3 aromatic rings. The van der Waals surface area contributed by atoms with Crippen molar-refractivity contribution in [2.75, 3.05) is 12.0 Å². The average molecular weight is 535 g/mol. The van der Waals surface area contributed by atoms with Gasteiger partial charge in [-0.2, -0.15) is 4.31 Å². The van der Waals surface area contributed by atoms with E-state index in [1.807, 2.05) is 44.2 Å². The normalized spacial score (nSPS) is 25.1. The lowest BCUT2D eigenvalue weighted by molar-refractivity contribution is -0.838. The molecule has 198 valence electrons. The second kappa shape index (κ2) is 8.54. The van der Waals surface area contributed by atoms with Crippen LogP contribution in [0.4, 0.5) is 11.4 Å². The van der Waals surface area contributed by atoms with E-state index in [1.165, 1.54) is 4.31 Å². The quantitative estimate of drug-likeness (QED) is 0.463. The molecule has 0 amide bonds. The second-order valence-corrected chi connectivity index (χ2v) is 12.7. The van der Waals surface area contributed by atoms with E-state index in [0.29, 0.717) is 5.01 Å². The number of rotatable bonds is 2. The van der Waals surface area contributed by atoms with Gasteiger partial charge in [-0.1, -0.05) is 36.4 Å². The first kappa shape index (κ1) is 24.9. The molecule has 0 aromatic heterocycles. The van der Waals surface area contributed by atoms with Gasteiger partial charge in [0.25, 0.3) is 0 Å². The number of para-hydroxylation sites is 1. The number of benzene rings is 3. The number of hydrogen-bond donors (Lipinski definition) is 3. The van der Waals surface area contributed by atoms with Crippen molar-refractivity contribution >= 4 is 27.4 Å². The molecular weight excluding hydrogens is 504 g/mol. The minimum absolute atomic E-state index is 0.0777. The third-order valence-corrected chi connectivity index (χ3v) is 9.96. The maximum absolute atomic E-state index is 13.9. The molecule has 0 radical (unpaired) electrons. The Labute approximate surface area is 222 Å². The van der Waals surface area contributed by atoms with Crippen molar-refractivity contribution in [3.63, 3.8) is 0 Å². The number of aryl methyl sites for hydroxylation is 1. The number of carbonyl (C=O) groups is 1. The van der Waals surface area contributed by atoms with Gasteiger partial charge < -0.3 is 25.8 Å². The third-order valence-electron chi connectivity index (χ3n) is 8.11. The number of sulfonamides is 1. The minimum Gasteiger partial charge on any atom is -0.481 e. The largest absolute Gasteiger partial charge is 0.481 e. The molecule has 0 saturated carbocycles. The Morgan fingerprint density at radius 2 is 1.92 bits per heavy atom. The van der Waals surface area contributed by atoms with Gasteiger partial charge in [0.15, 0.2) is 5.69 Å². The van der Waals surface area contributed by atoms with Crippen LogP contribution < -0.4 is 15.2 Å². The van der Waals surface area contributed by atoms with Gasteiger partial charge in [-0.3, -0.25) is 4.79 Å². The summed E-state index contributed by atoms with van der Waals surface area (Å²) in [7, 11) is -3.90. The Hall–Kier alpha value is -3.44. The molecule has 0 fully saturated rings. The number of aliphatic carboxylic acids is 1. The number of fused-ring (bicyclic) bond motifs is 7. The molecule has 3 aliphatic rings. The predicted molar refractivity (Wildman–Crippen MR) is 142 cm³/mol. The predicted octanol–water partition coefficient (Wildman–Crippen LogP) is 3.61. The monoisotopic (exact) mass is 534 g/mol. The fourth-order valence-corrected chi connectivity index (χ4v) is 7.42. The maximum Gasteiger partial charge on any atom is 0.310 e. The van der Waals surface area contributed by atoms with Gasteiger partial charge >= 0.3 is 5.97 Å². The van der Waals surface area contributed by atoms with Gasteiger partial charge in [-0.15, -0.1) is 0 Å². The van der Waals surface area contributed by atoms with Crippen LogP contribution in [0.1, 0.15) is 47.6 Å². The zero-order valence-electron chi connectivity index (χ0n) is 21.6. The molecule has 10 heteroatoms. The first-order chi connectivity index (χ1) is 18.0. The van der Waals surface area contributed by atoms with E-state index >= 15 is 0 Å². The van der Waals surface area contributed by atoms with Crippen molar-refractivity contribution in [1.29, 1.82) is 0 Å². The molecule has 3 N–H and O–H groups in total. The van der Waals surface area contributed by atoms with Crippen LogP contribution in [0.5, 0.6) is 5.75 Å². The molecule has 9 nitrogen and oxygen atoms in total. The number of carboxylic acids is 1. The van der Waals surface area contributed by atoms with E-state index in [4.69, 9.17) is 4.74 Å². The molecule has 0 aliphatic carbocycles. The highest BCUT2D eigenvalue weighted by Crippen LogP contribution is 2.46. The molecule has 0 spiro atoms. The standard InChI is InChI=1S/C28H30N4O5S/c1-16-9-10-18-13-19(16)14-31-15-24(37-22-7-5-6-8-23(22)38(31,35)36)32-26-17(2)20(11-12-21(26)29-30-32)25(18)28(3,4)27(33)34/h5-13,24-25,29,32H,14-15H2,1-4H3,(H,33,34)/t24-,25?/m0/s1. The van der Waals surface area contributed by atoms with Crippen LogP contribution in [0.2, 0.25) is 0 Å². The highest BCUT2D eigenvalue weighted by atomic mass is 32.2. The van der Waals surface area contributed by atoms with Crippen LogP contribution in [0, 0.1) is 19.3 Å². The van der Waals surface area contributed by atoms with Crippen LogP contribution in [0.25, 0.3) is 5.53 Å². The molecule has 38 heavy (non-hydrogen) atoms. The van der Waals surface area contributed by atoms with Gasteiger partial charge in [0.1, 0.15) is 17.2 Å². The van der Waals surface area contributed by atoms with E-state index in [-0.39, 0.29) is 23.7 Å². The summed E-state index contributed by atoms with van der Waals surface area (Å²) in [4.78, 5) is 12.7. The van der Waals surface area contributed by atoms with Crippen molar-refractivity contribution < 1.29 is 28.1 Å². The number of hydrogen-bond acceptors (Lipinski definition) is 5. The van der Waals surface area contributed by atoms with E-state index in [1.54, 1.807) is 38.1 Å². The van der Waals surface area contributed by atoms with Gasteiger partial charge in [-0.05, 0) is 68.1 Å². The summed E-state index contributed by atoms with van der Waals surface area (Å²) >= 11 is 0. The number of nitrogens with one attached hydrogen (secondary N) is 2. The van der Waals surface area contributed by atoms with Crippen molar-refractivity contribution in [2.24, 2.45) is 5.41 Å². The summed E-state index contributed by atoms with van der Waals surface area (Å²) < 4.78 is 35.7. The summed E-state index contributed by atoms with van der Waals surface area (Å²) in [6, 6.07) is 16.5. The van der Waals surface area contributed by atoms with E-state index in [2.05, 4.69) is 11.0 Å². The highest BCUT2D eigenvalue weighted by Gasteiger charge is 2.44. The van der Waals surface area contributed by atoms with Gasteiger partial charge in [0.05, 0.1) is 11.1 Å². The third kappa shape index (κ3) is 3.63. The Morgan fingerprint density at radius 3 is 2.68 bits per heavy atom. The van der Waals surface area contributed by atoms with Crippen LogP contribution in [-0.2, 0) is 21.4 Å². The molecule has 3 aliphatic heterocycles. The fourth-order valence-electron chi connectivity index (χ4n) is 5.88. The lowest BCUT2D eigenvalue weighted by Gasteiger charge is -2.36. The van der Waals surface area contributed by atoms with Crippen LogP contribution in [0.3, 0.4) is 0 Å². The number of nitrogens with zero attached hydrogens (tertiary/aromatic N) is 2. The molecule has 6 rings (SSSR count). The number of carboxylic acid groups (broad SMARTS) is 1. The summed E-state index contributed by atoms with van der Waals surface area (Å²) in [6.07, 6.45) is -0.676. The van der Waals surface area contributed by atoms with Crippen LogP contribution in [-0.4, -0.2) is 36.6 Å². The molecule has 3 aromatic carbocycles. The molecule has 4 atom stereocenters. The molecule has 0 saturated heterocycles. The summed E-state index contributed by atoms with van der Waals surface area (Å²) in [5, 5.41) is 10.9. The summed E-state index contributed by atoms with van der Waals surface area (Å²) in [6.45, 7) is 7.59. The smallest absolute Gasteiger partial charge is 0.310 e. The summed E-state index contributed by atoms with van der Waals surface area (Å²) in [5.74, 6) is -1.12. The van der Waals surface area contributed by atoms with Crippen molar-refractivity contribution in [1.82, 2.24) is 4.31 Å². The first-order valence-corrected chi connectivity index (χ1v) is 14.0. The molecular formula is C28H30N4O5S. The lowest BCUT2D eigenvalue weighted by atomic mass is 9.69. The number of anilines is 1. The SMILES string of the molecule is Cc1ccc2cc1CN1C[C@H](Oc3ccccc3S1(=O)=O)[NH+]1[N-]Nc3ccc(c(C)c31)C2C(C)(C)C(=O)O. The minimum atomic E-state index is -3.90. The van der Waals surface area contributed by atoms with E-state index in [9.17, 15) is 18.3 Å². The molecule has 3 heterocycles. The highest BCUT2D eigenvalue weighted by molar-refractivity contribution is 7.89. The van der Waals surface area contributed by atoms with Gasteiger partial charge in [0, 0.05) is 18.0 Å². The van der Waals surface area contributed by atoms with Gasteiger partial charge in [0.2, 0.25) is 16.3 Å². The first-order valence-electron chi connectivity index (χ1n) is 12.6. The van der Waals surface area contributed by atoms with Crippen LogP contribution in [0.15, 0.2) is 59.5 Å². The van der Waals surface area contributed by atoms with Crippen molar-refractivity contribution in [2.45, 2.75) is 51.3 Å². The Balaban J connectivity index is 1.66. The zero-order chi connectivity index (χ0) is 27.0. The Bertz CT molecular complexity index is 1590. The topological polar surface area (TPSA) is 114 Å². The zero-order valence-corrected chi connectivity index (χ0v) is 22.5. The maximum atomic E-state index is 13.9. The van der Waals surface area contributed by atoms with Crippen molar-refractivity contribution in [3.05, 3.63) is 87.9 Å². The molecule has 3 unspecified atom stereocenters. The number of quaternary nitrogens is 1. The summed E-state index contributed by atoms with van der Waals surface area (Å²) in [5.41, 5.74) is 12.5. The Kier molecular flexibility index (Phi) is 5.59. The molecule has 6 bridgehead atoms. The van der Waals surface area contributed by atoms with E-state index in [0.717, 1.165) is 39.2 Å². The number of ether oxygens (including phenoxy) is 1. The Morgan fingerprint density at radius 1 is 1.16 bits per heavy atom. The average Bonchev–Trinajstić information content (AvgIpc) is 3.26. The lowest BCUT2D eigenvalue weighted by Crippen LogP contribution is -3.08.